The maximum absolute atomic E-state index is 10.2. The van der Waals surface area contributed by atoms with Gasteiger partial charge in [-0.2, -0.15) is 0 Å². The average Bonchev–Trinajstić information content (AvgIpc) is 2.71. The van der Waals surface area contributed by atoms with Gasteiger partial charge < -0.3 is 19.8 Å². The molecule has 0 amide bonds. The van der Waals surface area contributed by atoms with Crippen LogP contribution in [0.25, 0.3) is 0 Å². The van der Waals surface area contributed by atoms with Gasteiger partial charge >= 0.3 is 23.9 Å². The van der Waals surface area contributed by atoms with E-state index in [0.29, 0.717) is 0 Å². The Morgan fingerprint density at radius 2 is 1.30 bits per heavy atom. The van der Waals surface area contributed by atoms with E-state index in [1.54, 1.807) is 12.1 Å². The van der Waals surface area contributed by atoms with Crippen molar-refractivity contribution in [3.05, 3.63) is 49.2 Å². The number of rotatable bonds is 10. The molecule has 0 spiro atoms. The Morgan fingerprint density at radius 1 is 0.833 bits per heavy atom. The third-order valence-electron chi connectivity index (χ3n) is 3.70. The van der Waals surface area contributed by atoms with Crippen LogP contribution in [0.2, 0.25) is 0 Å². The van der Waals surface area contributed by atoms with Crippen LogP contribution in [-0.2, 0) is 4.79 Å². The second kappa shape index (κ2) is 30.2. The Labute approximate surface area is 202 Å². The van der Waals surface area contributed by atoms with E-state index in [1.807, 2.05) is 13.0 Å². The Bertz CT molecular complexity index is 482. The topological polar surface area (TPSA) is 80.3 Å². The van der Waals surface area contributed by atoms with Crippen molar-refractivity contribution in [2.45, 2.75) is 98.3 Å². The van der Waals surface area contributed by atoms with Crippen molar-refractivity contribution in [1.29, 1.82) is 0 Å². The summed E-state index contributed by atoms with van der Waals surface area (Å²) in [5.74, 6) is -2.04. The van der Waals surface area contributed by atoms with Gasteiger partial charge in [0.15, 0.2) is 0 Å². The van der Waals surface area contributed by atoms with Crippen LogP contribution in [0, 0.1) is 20.8 Å². The summed E-state index contributed by atoms with van der Waals surface area (Å²) in [6.45, 7) is 15.5. The smallest absolute Gasteiger partial charge is 0.550 e. The number of aryl methyl sites for hydroxylation is 1. The molecule has 0 aromatic heterocycles. The molecule has 0 atom stereocenters. The third-order valence-corrected chi connectivity index (χ3v) is 3.70. The molecule has 1 aromatic carbocycles. The standard InChI is InChI=1S/C9H18O2.C8H8O2.2C4H9.Sn/c1-2-3-4-5-6-7-8-9(10)11;1-6-3-2-4-7(5-6)8(9)10;2*1-3-4-2;/h2-8H2,1H3,(H,10,11);2-5H,1H3,(H,9,10);2*1,3-4H2,2H3;/q;;;;+2/p-2. The summed E-state index contributed by atoms with van der Waals surface area (Å²) in [6.07, 6.45) is 11.5. The largest absolute Gasteiger partial charge is 2.00 e. The van der Waals surface area contributed by atoms with Gasteiger partial charge in [-0.3, -0.25) is 0 Å². The van der Waals surface area contributed by atoms with Crippen LogP contribution in [0.1, 0.15) is 107 Å². The quantitative estimate of drug-likeness (QED) is 0.328. The number of unbranched alkanes of at least 4 members (excludes halogenated alkanes) is 7. The Morgan fingerprint density at radius 3 is 1.63 bits per heavy atom. The molecular formula is C25H42O4Sn. The number of aromatic carboxylic acids is 1. The maximum atomic E-state index is 10.2. The van der Waals surface area contributed by atoms with Crippen LogP contribution >= 0.6 is 0 Å². The SMILES string of the molecule is CCCCCCCCC(=O)[O-].Cc1cccc(C(=O)[O-])c1.[CH2]CCC.[CH2]CCC.[Sn+2]. The molecule has 0 heterocycles. The van der Waals surface area contributed by atoms with Gasteiger partial charge in [0.2, 0.25) is 0 Å². The number of carbonyl (C=O) groups is 2. The van der Waals surface area contributed by atoms with Crippen LogP contribution in [0.5, 0.6) is 0 Å². The zero-order valence-electron chi connectivity index (χ0n) is 19.6. The molecule has 0 aliphatic rings. The normalized spacial score (nSPS) is 8.73. The van der Waals surface area contributed by atoms with E-state index < -0.39 is 11.9 Å². The van der Waals surface area contributed by atoms with Crippen molar-refractivity contribution in [2.24, 2.45) is 0 Å². The average molecular weight is 525 g/mol. The third kappa shape index (κ3) is 34.5. The zero-order chi connectivity index (χ0) is 22.9. The van der Waals surface area contributed by atoms with E-state index in [2.05, 4.69) is 34.6 Å². The molecule has 30 heavy (non-hydrogen) atoms. The summed E-state index contributed by atoms with van der Waals surface area (Å²) in [5.41, 5.74) is 1.17. The van der Waals surface area contributed by atoms with Crippen LogP contribution in [0.3, 0.4) is 0 Å². The number of hydrogen-bond donors (Lipinski definition) is 0. The van der Waals surface area contributed by atoms with Gasteiger partial charge in [-0.1, -0.05) is 122 Å². The monoisotopic (exact) mass is 526 g/mol. The van der Waals surface area contributed by atoms with E-state index in [9.17, 15) is 19.8 Å². The van der Waals surface area contributed by atoms with Gasteiger partial charge in [0.1, 0.15) is 0 Å². The van der Waals surface area contributed by atoms with E-state index in [-0.39, 0.29) is 35.9 Å². The second-order valence-corrected chi connectivity index (χ2v) is 6.75. The summed E-state index contributed by atoms with van der Waals surface area (Å²) in [6, 6.07) is 6.63. The van der Waals surface area contributed by atoms with E-state index >= 15 is 0 Å². The van der Waals surface area contributed by atoms with E-state index in [0.717, 1.165) is 31.2 Å². The molecule has 0 N–H and O–H groups in total. The van der Waals surface area contributed by atoms with Crippen molar-refractivity contribution >= 4 is 35.8 Å². The van der Waals surface area contributed by atoms with Crippen LogP contribution in [-0.4, -0.2) is 35.8 Å². The van der Waals surface area contributed by atoms with Crippen molar-refractivity contribution in [3.8, 4) is 0 Å². The number of aliphatic carboxylic acids is 1. The molecule has 5 heteroatoms. The number of hydrogen-bond acceptors (Lipinski definition) is 4. The van der Waals surface area contributed by atoms with Gasteiger partial charge in [-0.15, -0.1) is 0 Å². The number of benzene rings is 1. The summed E-state index contributed by atoms with van der Waals surface area (Å²) in [7, 11) is 0. The zero-order valence-corrected chi connectivity index (χ0v) is 22.5. The Balaban J connectivity index is -0.000000163. The Hall–Kier alpha value is -1.04. The molecule has 0 unspecified atom stereocenters. The number of carboxylic acids is 2. The molecule has 1 rings (SSSR count). The van der Waals surface area contributed by atoms with Crippen molar-refractivity contribution in [1.82, 2.24) is 0 Å². The van der Waals surface area contributed by atoms with Crippen LogP contribution < -0.4 is 10.2 Å². The summed E-state index contributed by atoms with van der Waals surface area (Å²) < 4.78 is 0. The molecule has 170 valence electrons. The fourth-order valence-electron chi connectivity index (χ4n) is 1.82. The molecule has 0 aliphatic carbocycles. The summed E-state index contributed by atoms with van der Waals surface area (Å²) >= 11 is 0. The minimum atomic E-state index is -1.12. The first-order valence-electron chi connectivity index (χ1n) is 10.9. The summed E-state index contributed by atoms with van der Waals surface area (Å²) in [5, 5.41) is 20.2. The first kappa shape index (κ1) is 36.3. The molecule has 0 bridgehead atoms. The van der Waals surface area contributed by atoms with Gasteiger partial charge in [0.25, 0.3) is 0 Å². The molecule has 1 aromatic rings. The van der Waals surface area contributed by atoms with Crippen LogP contribution in [0.4, 0.5) is 0 Å². The van der Waals surface area contributed by atoms with Gasteiger partial charge in [0, 0.05) is 5.97 Å². The first-order valence-corrected chi connectivity index (χ1v) is 10.9. The second-order valence-electron chi connectivity index (χ2n) is 6.75. The van der Waals surface area contributed by atoms with E-state index in [4.69, 9.17) is 0 Å². The van der Waals surface area contributed by atoms with Gasteiger partial charge in [-0.25, -0.2) is 0 Å². The minimum Gasteiger partial charge on any atom is -0.550 e. The first-order chi connectivity index (χ1) is 13.8. The van der Waals surface area contributed by atoms with Crippen molar-refractivity contribution in [3.63, 3.8) is 0 Å². The molecule has 0 fully saturated rings. The molecule has 4 nitrogen and oxygen atoms in total. The molecule has 4 radical (unpaired) electrons. The van der Waals surface area contributed by atoms with Gasteiger partial charge in [-0.05, 0) is 25.3 Å². The molecular weight excluding hydrogens is 483 g/mol. The fraction of sp³-hybridized carbons (Fsp3) is 0.600. The number of carbonyl (C=O) groups excluding carboxylic acids is 2. The molecule has 0 saturated heterocycles. The predicted octanol–water partition coefficient (Wildman–Crippen LogP) is 4.71. The minimum absolute atomic E-state index is 0. The van der Waals surface area contributed by atoms with Gasteiger partial charge in [0.05, 0.1) is 5.97 Å². The molecule has 0 aliphatic heterocycles. The molecule has 0 saturated carbocycles. The van der Waals surface area contributed by atoms with Crippen molar-refractivity contribution in [2.75, 3.05) is 0 Å². The predicted molar refractivity (Wildman–Crippen MR) is 125 cm³/mol. The van der Waals surface area contributed by atoms with Crippen LogP contribution in [0.15, 0.2) is 24.3 Å². The Kier molecular flexibility index (Phi) is 36.5. The van der Waals surface area contributed by atoms with Crippen molar-refractivity contribution < 1.29 is 19.8 Å². The maximum Gasteiger partial charge on any atom is 2.00 e. The fourth-order valence-corrected chi connectivity index (χ4v) is 1.82. The number of carboxylic acid groups (broad SMARTS) is 2. The summed E-state index contributed by atoms with van der Waals surface area (Å²) in [4.78, 5) is 20.2. The van der Waals surface area contributed by atoms with E-state index in [1.165, 1.54) is 44.6 Å².